The summed E-state index contributed by atoms with van der Waals surface area (Å²) in [5, 5.41) is 31.9. The molecule has 12 aromatic rings. The Bertz CT molecular complexity index is 6390. The van der Waals surface area contributed by atoms with E-state index in [1.165, 1.54) is 27.2 Å². The number of aryl methyl sites for hydroxylation is 1. The Labute approximate surface area is 850 Å². The fourth-order valence-corrected chi connectivity index (χ4v) is 17.2. The second kappa shape index (κ2) is 54.5. The zero-order valence-electron chi connectivity index (χ0n) is 82.1. The molecule has 0 unspecified atom stereocenters. The molecule has 0 atom stereocenters. The van der Waals surface area contributed by atoms with Crippen LogP contribution in [-0.4, -0.2) is 375 Å². The SMILES string of the molecule is CCc1ccc(NC(=O)Nc2ccc(-c3nc(N4CCOCC4)c4cc(CN5CCN(C)CC5)cn4n3)cc2)cc1.CN1CCN(Cc2cc3c(N4CCOCC4)nc(-c4ccc(NC(=O)Nc5ccc(C(=O)N(C)C)cc5)cc4)nn3c2)CC1.CN1CCN(Cc2cc3c(N4CCOCC4)nc(-c4ccc(NC(=O)Nc5ccc(C(=O)N6CCN(C)CC6)cc5)cc4)nn3c2)CC1.O=C=O.O=S=O.O=S=O.O=S=O. The largest absolute Gasteiger partial charge is 0.378 e. The minimum atomic E-state index is -0.750. The summed E-state index contributed by atoms with van der Waals surface area (Å²) in [6.45, 7) is 29.6. The van der Waals surface area contributed by atoms with Gasteiger partial charge in [0, 0.05) is 258 Å². The predicted molar refractivity (Wildman–Crippen MR) is 552 cm³/mol. The summed E-state index contributed by atoms with van der Waals surface area (Å²) >= 11 is -2.25. The summed E-state index contributed by atoms with van der Waals surface area (Å²) in [6.07, 6.45) is 7.59. The van der Waals surface area contributed by atoms with E-state index in [-0.39, 0.29) is 36.1 Å². The minimum Gasteiger partial charge on any atom is -0.378 e. The van der Waals surface area contributed by atoms with Crippen molar-refractivity contribution >= 4 is 139 Å². The van der Waals surface area contributed by atoms with Crippen LogP contribution in [0.4, 0.5) is 66.0 Å². The highest BCUT2D eigenvalue weighted by molar-refractivity contribution is 7.52. The van der Waals surface area contributed by atoms with Gasteiger partial charge in [-0.15, -0.1) is 15.3 Å². The number of nitrogens with one attached hydrogen (secondary N) is 6. The molecule has 0 saturated carbocycles. The molecule has 766 valence electrons. The third kappa shape index (κ3) is 31.4. The summed E-state index contributed by atoms with van der Waals surface area (Å²) in [5.74, 6) is 4.54. The van der Waals surface area contributed by atoms with Crippen LogP contribution >= 0.6 is 0 Å². The average molecular weight is 2040 g/mol. The van der Waals surface area contributed by atoms with Crippen LogP contribution < -0.4 is 46.6 Å². The lowest BCUT2D eigenvalue weighted by Crippen LogP contribution is -2.47. The van der Waals surface area contributed by atoms with Crippen LogP contribution in [0.2, 0.25) is 0 Å². The molecule has 145 heavy (non-hydrogen) atoms. The van der Waals surface area contributed by atoms with Crippen LogP contribution in [0.25, 0.3) is 50.7 Å². The Kier molecular flexibility index (Phi) is 40.6. The van der Waals surface area contributed by atoms with E-state index in [4.69, 9.17) is 79.3 Å². The van der Waals surface area contributed by atoms with E-state index in [2.05, 4.69) is 153 Å². The van der Waals surface area contributed by atoms with Crippen molar-refractivity contribution in [2.24, 2.45) is 0 Å². The summed E-state index contributed by atoms with van der Waals surface area (Å²) in [4.78, 5) is 121. The van der Waals surface area contributed by atoms with Gasteiger partial charge in [0.25, 0.3) is 11.8 Å². The number of nitrogens with zero attached hydrogens (tertiary/aromatic N) is 21. The van der Waals surface area contributed by atoms with E-state index in [1.54, 1.807) is 62.6 Å². The fraction of sp³-hybridized carbons (Fsp3) is 0.394. The van der Waals surface area contributed by atoms with Crippen molar-refractivity contribution in [3.05, 3.63) is 216 Å². The number of amides is 8. The molecule has 13 heterocycles. The Morgan fingerprint density at radius 1 is 0.338 bits per heavy atom. The molecule has 6 aromatic carbocycles. The predicted octanol–water partition coefficient (Wildman–Crippen LogP) is 7.93. The van der Waals surface area contributed by atoms with Gasteiger partial charge in [-0.1, -0.05) is 19.1 Å². The molecule has 6 aromatic heterocycles. The standard InChI is InChI=1S/C35H44N10O3.C32H39N9O3.C31H38N8O2.CO2.3O2S/c1-40-11-15-42(16-12-40)24-26-23-31-33(43-19-21-48-22-20-43)38-32(39-45(31)25-26)27-3-7-29(8-4-27)36-35(47)37-30-9-5-28(6-10-30)34(46)44-17-13-41(2)14-18-44;1-37(2)31(42)25-6-10-27(11-7-25)34-32(43)33-26-8-4-24(5-9-26)29-35-30(40-16-18-44-19-17-40)28-20-23(22-41(28)36-29)21-39-14-12-38(3)13-15-39;1-3-23-4-8-26(9-5-23)32-31(40)33-27-10-6-25(7-11-27)29-34-30(38-16-18-41-19-17-38)28-20-24(22-39(28)35-29)21-37-14-12-36(2)13-15-37;2-1-3;3*1-3-2/h3-10,23,25H,11-22,24H2,1-2H3,(H2,36,37,47);4-11,20,22H,12-19,21H2,1-3H3,(H2,33,34,43);4-11,20,22H,3,12-19,21H2,1-2H3,(H2,32,33,40);;;;. The molecule has 6 N–H and O–H groups in total. The van der Waals surface area contributed by atoms with Gasteiger partial charge in [-0.3, -0.25) is 24.3 Å². The Balaban J connectivity index is 0.000000173. The number of carbonyl (C=O) groups excluding carboxylic acids is 7. The highest BCUT2D eigenvalue weighted by Gasteiger charge is 2.28. The maximum Gasteiger partial charge on any atom is 0.373 e. The van der Waals surface area contributed by atoms with Gasteiger partial charge in [0.15, 0.2) is 34.9 Å². The van der Waals surface area contributed by atoms with Crippen molar-refractivity contribution in [2.45, 2.75) is 33.0 Å². The number of rotatable bonds is 21. The molecule has 0 aliphatic carbocycles. The summed E-state index contributed by atoms with van der Waals surface area (Å²) in [7, 11) is 12.0. The van der Waals surface area contributed by atoms with Gasteiger partial charge in [0.05, 0.1) is 39.6 Å². The van der Waals surface area contributed by atoms with Crippen molar-refractivity contribution in [1.29, 1.82) is 0 Å². The van der Waals surface area contributed by atoms with Crippen molar-refractivity contribution in [3.63, 3.8) is 0 Å². The number of urea groups is 3. The third-order valence-corrected chi connectivity index (χ3v) is 25.2. The summed E-state index contributed by atoms with van der Waals surface area (Å²) < 4.78 is 72.5. The molecule has 7 aliphatic rings. The van der Waals surface area contributed by atoms with Gasteiger partial charge in [0.2, 0.25) is 0 Å². The van der Waals surface area contributed by atoms with Crippen LogP contribution in [-0.2, 0) is 84.6 Å². The number of fused-ring (bicyclic) bond motifs is 3. The minimum absolute atomic E-state index is 0.0160. The Morgan fingerprint density at radius 3 is 0.834 bits per heavy atom. The molecule has 7 aliphatic heterocycles. The van der Waals surface area contributed by atoms with Gasteiger partial charge in [-0.05, 0) is 209 Å². The number of carbonyl (C=O) groups is 5. The van der Waals surface area contributed by atoms with E-state index >= 15 is 0 Å². The molecule has 0 spiro atoms. The number of likely N-dealkylation sites (N-methyl/N-ethyl adjacent to an activating group) is 4. The lowest BCUT2D eigenvalue weighted by atomic mass is 10.1. The van der Waals surface area contributed by atoms with Crippen LogP contribution in [0.15, 0.2) is 182 Å². The van der Waals surface area contributed by atoms with Gasteiger partial charge < -0.3 is 90.2 Å². The molecule has 43 nitrogen and oxygen atoms in total. The maximum atomic E-state index is 12.8. The molecule has 0 bridgehead atoms. The van der Waals surface area contributed by atoms with E-state index < -0.39 is 34.7 Å². The van der Waals surface area contributed by atoms with Crippen LogP contribution in [0, 0.1) is 0 Å². The van der Waals surface area contributed by atoms with E-state index in [0.717, 1.165) is 226 Å². The fourth-order valence-electron chi connectivity index (χ4n) is 17.2. The Hall–Kier alpha value is -14.2. The van der Waals surface area contributed by atoms with Crippen molar-refractivity contribution in [3.8, 4) is 34.2 Å². The second-order valence-corrected chi connectivity index (χ2v) is 36.0. The number of aromatic nitrogens is 9. The highest BCUT2D eigenvalue weighted by atomic mass is 32.1. The van der Waals surface area contributed by atoms with Crippen LogP contribution in [0.3, 0.4) is 0 Å². The highest BCUT2D eigenvalue weighted by Crippen LogP contribution is 2.33. The molecular weight excluding hydrogens is 1920 g/mol. The quantitative estimate of drug-likeness (QED) is 0.0397. The normalized spacial score (nSPS) is 16.0. The molecule has 7 saturated heterocycles. The maximum absolute atomic E-state index is 12.8. The first kappa shape index (κ1) is 108. The van der Waals surface area contributed by atoms with Crippen LogP contribution in [0.1, 0.15) is 49.9 Å². The zero-order chi connectivity index (χ0) is 103. The molecule has 7 fully saturated rings. The number of benzene rings is 6. The molecule has 0 radical (unpaired) electrons. The Morgan fingerprint density at radius 2 is 0.579 bits per heavy atom. The van der Waals surface area contributed by atoms with Crippen molar-refractivity contribution in [1.82, 2.24) is 87.9 Å². The lowest BCUT2D eigenvalue weighted by molar-refractivity contribution is -0.191. The summed E-state index contributed by atoms with van der Waals surface area (Å²) in [5.41, 5.74) is 15.6. The smallest absolute Gasteiger partial charge is 0.373 e. The van der Waals surface area contributed by atoms with Crippen LogP contribution in [0.5, 0.6) is 0 Å². The van der Waals surface area contributed by atoms with Gasteiger partial charge in [-0.25, -0.2) is 42.9 Å². The van der Waals surface area contributed by atoms with Gasteiger partial charge in [0.1, 0.15) is 16.6 Å². The monoisotopic (exact) mass is 2040 g/mol. The van der Waals surface area contributed by atoms with E-state index in [9.17, 15) is 24.0 Å². The third-order valence-electron chi connectivity index (χ3n) is 25.2. The zero-order valence-corrected chi connectivity index (χ0v) is 84.5. The molecule has 8 amide bonds. The number of piperazine rings is 4. The second-order valence-electron chi connectivity index (χ2n) is 35.6. The number of morpholine rings is 3. The molecule has 19 rings (SSSR count). The van der Waals surface area contributed by atoms with Crippen molar-refractivity contribution in [2.75, 3.05) is 273 Å². The lowest BCUT2D eigenvalue weighted by Gasteiger charge is -2.32. The molecular formula is C99H121N27O16S3. The summed E-state index contributed by atoms with van der Waals surface area (Å²) in [6, 6.07) is 50.0. The first-order chi connectivity index (χ1) is 70.4. The van der Waals surface area contributed by atoms with E-state index in [1.807, 2.05) is 116 Å². The van der Waals surface area contributed by atoms with Crippen molar-refractivity contribution < 1.29 is 73.0 Å². The first-order valence-corrected chi connectivity index (χ1v) is 49.6. The number of hydrogen-bond acceptors (Lipinski definition) is 32. The average Bonchev–Trinajstić information content (AvgIpc) is 1.64. The number of anilines is 9. The van der Waals surface area contributed by atoms with Gasteiger partial charge >= 0.3 is 59.0 Å². The number of ether oxygens (including phenoxy) is 3. The first-order valence-electron chi connectivity index (χ1n) is 47.6. The van der Waals surface area contributed by atoms with Gasteiger partial charge in [-0.2, -0.15) is 34.8 Å². The molecule has 46 heteroatoms. The van der Waals surface area contributed by atoms with E-state index in [0.29, 0.717) is 96.7 Å². The topological polar surface area (TPSA) is 451 Å². The number of hydrogen-bond donors (Lipinski definition) is 6.